The SMILES string of the molecule is CCC(C)(C)C(=O)Oc1ccc(C[C@H](NCC(C)OC(=O)OC(C)C)C(=O)O)cc1OC(=O)C(C)(C)CC. The van der Waals surface area contributed by atoms with E-state index in [1.165, 1.54) is 12.1 Å². The summed E-state index contributed by atoms with van der Waals surface area (Å²) in [7, 11) is 0. The van der Waals surface area contributed by atoms with E-state index in [4.69, 9.17) is 18.9 Å². The molecule has 1 aromatic rings. The number of rotatable bonds is 14. The van der Waals surface area contributed by atoms with Crippen LogP contribution in [0.1, 0.15) is 80.7 Å². The summed E-state index contributed by atoms with van der Waals surface area (Å²) < 4.78 is 21.3. The number of carbonyl (C=O) groups excluding carboxylic acids is 3. The van der Waals surface area contributed by atoms with Gasteiger partial charge >= 0.3 is 24.1 Å². The maximum absolute atomic E-state index is 12.8. The fourth-order valence-corrected chi connectivity index (χ4v) is 2.83. The Morgan fingerprint density at radius 3 is 1.87 bits per heavy atom. The number of ether oxygens (including phenoxy) is 4. The molecule has 0 heterocycles. The number of carboxylic acid groups (broad SMARTS) is 1. The van der Waals surface area contributed by atoms with Crippen LogP contribution in [0.15, 0.2) is 18.2 Å². The average molecular weight is 538 g/mol. The molecule has 1 rings (SSSR count). The van der Waals surface area contributed by atoms with E-state index in [0.717, 1.165) is 0 Å². The Labute approximate surface area is 225 Å². The van der Waals surface area contributed by atoms with Crippen molar-refractivity contribution in [2.45, 2.75) is 99.8 Å². The van der Waals surface area contributed by atoms with Gasteiger partial charge in [-0.2, -0.15) is 0 Å². The Morgan fingerprint density at radius 2 is 1.39 bits per heavy atom. The van der Waals surface area contributed by atoms with Crippen molar-refractivity contribution in [2.75, 3.05) is 6.54 Å². The second kappa shape index (κ2) is 14.1. The Morgan fingerprint density at radius 1 is 0.868 bits per heavy atom. The standard InChI is InChI=1S/C28H43NO9/c1-10-27(6,7)24(32)37-21-13-12-19(15-22(21)38-25(33)28(8,9)11-2)14-20(23(30)31)29-16-18(5)36-26(34)35-17(3)4/h12-13,15,17-18,20,29H,10-11,14,16H2,1-9H3,(H,30,31)/t18?,20-/m0/s1. The van der Waals surface area contributed by atoms with E-state index in [0.29, 0.717) is 18.4 Å². The van der Waals surface area contributed by atoms with Gasteiger partial charge < -0.3 is 29.4 Å². The van der Waals surface area contributed by atoms with Crippen LogP contribution in [0.2, 0.25) is 0 Å². The van der Waals surface area contributed by atoms with Gasteiger partial charge in [-0.25, -0.2) is 4.79 Å². The predicted molar refractivity (Wildman–Crippen MR) is 141 cm³/mol. The summed E-state index contributed by atoms with van der Waals surface area (Å²) >= 11 is 0. The maximum atomic E-state index is 12.8. The van der Waals surface area contributed by atoms with Crippen molar-refractivity contribution in [1.29, 1.82) is 0 Å². The molecule has 0 radical (unpaired) electrons. The Bertz CT molecular complexity index is 985. The molecular weight excluding hydrogens is 494 g/mol. The molecule has 10 heteroatoms. The van der Waals surface area contributed by atoms with Crippen LogP contribution in [0, 0.1) is 10.8 Å². The highest BCUT2D eigenvalue weighted by atomic mass is 16.7. The van der Waals surface area contributed by atoms with Crippen LogP contribution < -0.4 is 14.8 Å². The molecule has 0 bridgehead atoms. The Balaban J connectivity index is 3.14. The van der Waals surface area contributed by atoms with Crippen molar-refractivity contribution in [3.63, 3.8) is 0 Å². The number of hydrogen-bond acceptors (Lipinski definition) is 9. The summed E-state index contributed by atoms with van der Waals surface area (Å²) in [5, 5.41) is 12.6. The van der Waals surface area contributed by atoms with Crippen molar-refractivity contribution in [3.05, 3.63) is 23.8 Å². The zero-order valence-corrected chi connectivity index (χ0v) is 24.0. The van der Waals surface area contributed by atoms with E-state index in [1.54, 1.807) is 54.5 Å². The quantitative estimate of drug-likeness (QED) is 0.249. The van der Waals surface area contributed by atoms with Gasteiger partial charge in [0.25, 0.3) is 0 Å². The van der Waals surface area contributed by atoms with Gasteiger partial charge in [0.15, 0.2) is 11.5 Å². The monoisotopic (exact) mass is 537 g/mol. The summed E-state index contributed by atoms with van der Waals surface area (Å²) in [6, 6.07) is 3.57. The summed E-state index contributed by atoms with van der Waals surface area (Å²) in [5.41, 5.74) is -0.997. The molecule has 2 N–H and O–H groups in total. The topological polar surface area (TPSA) is 137 Å². The lowest BCUT2D eigenvalue weighted by Gasteiger charge is -2.24. The second-order valence-electron chi connectivity index (χ2n) is 10.9. The van der Waals surface area contributed by atoms with Gasteiger partial charge in [-0.05, 0) is 85.4 Å². The van der Waals surface area contributed by atoms with Crippen LogP contribution >= 0.6 is 0 Å². The number of esters is 2. The number of nitrogens with one attached hydrogen (secondary N) is 1. The zero-order valence-electron chi connectivity index (χ0n) is 24.0. The van der Waals surface area contributed by atoms with Gasteiger partial charge in [0, 0.05) is 6.54 Å². The van der Waals surface area contributed by atoms with Crippen molar-refractivity contribution in [1.82, 2.24) is 5.32 Å². The Kier molecular flexibility index (Phi) is 12.2. The van der Waals surface area contributed by atoms with Gasteiger partial charge in [-0.15, -0.1) is 0 Å². The summed E-state index contributed by atoms with van der Waals surface area (Å²) in [4.78, 5) is 49.1. The fourth-order valence-electron chi connectivity index (χ4n) is 2.83. The van der Waals surface area contributed by atoms with Gasteiger partial charge in [-0.1, -0.05) is 19.9 Å². The van der Waals surface area contributed by atoms with E-state index >= 15 is 0 Å². The lowest BCUT2D eigenvalue weighted by molar-refractivity contribution is -0.147. The van der Waals surface area contributed by atoms with Crippen LogP contribution in [0.25, 0.3) is 0 Å². The molecule has 0 aliphatic carbocycles. The predicted octanol–water partition coefficient (Wildman–Crippen LogP) is 4.91. The van der Waals surface area contributed by atoms with Crippen molar-refractivity contribution < 1.29 is 43.2 Å². The van der Waals surface area contributed by atoms with E-state index in [1.807, 2.05) is 13.8 Å². The number of carboxylic acids is 1. The molecule has 214 valence electrons. The molecule has 0 amide bonds. The smallest absolute Gasteiger partial charge is 0.480 e. The zero-order chi connectivity index (χ0) is 29.3. The van der Waals surface area contributed by atoms with Crippen molar-refractivity contribution in [2.24, 2.45) is 10.8 Å². The molecule has 0 saturated heterocycles. The average Bonchev–Trinajstić information content (AvgIpc) is 2.82. The van der Waals surface area contributed by atoms with Crippen LogP contribution in [0.5, 0.6) is 11.5 Å². The number of aliphatic carboxylic acids is 1. The third kappa shape index (κ3) is 10.3. The van der Waals surface area contributed by atoms with Crippen LogP contribution in [0.3, 0.4) is 0 Å². The van der Waals surface area contributed by atoms with Gasteiger partial charge in [0.05, 0.1) is 16.9 Å². The molecular formula is C28H43NO9. The van der Waals surface area contributed by atoms with Gasteiger partial charge in [-0.3, -0.25) is 14.4 Å². The number of carbonyl (C=O) groups is 4. The highest BCUT2D eigenvalue weighted by Crippen LogP contribution is 2.34. The first-order chi connectivity index (χ1) is 17.5. The van der Waals surface area contributed by atoms with Crippen LogP contribution in [-0.4, -0.2) is 54.0 Å². The second-order valence-corrected chi connectivity index (χ2v) is 10.9. The first kappa shape index (κ1) is 32.9. The molecule has 2 atom stereocenters. The molecule has 38 heavy (non-hydrogen) atoms. The van der Waals surface area contributed by atoms with E-state index < -0.39 is 47.0 Å². The summed E-state index contributed by atoms with van der Waals surface area (Å²) in [5.74, 6) is -1.99. The third-order valence-corrected chi connectivity index (χ3v) is 6.31. The maximum Gasteiger partial charge on any atom is 0.508 e. The molecule has 0 saturated carbocycles. The molecule has 1 aromatic carbocycles. The molecule has 10 nitrogen and oxygen atoms in total. The molecule has 1 unspecified atom stereocenters. The summed E-state index contributed by atoms with van der Waals surface area (Å²) in [6.45, 7) is 15.8. The molecule has 0 spiro atoms. The number of hydrogen-bond donors (Lipinski definition) is 2. The lowest BCUT2D eigenvalue weighted by atomic mass is 9.90. The first-order valence-electron chi connectivity index (χ1n) is 12.9. The Hall–Kier alpha value is -3.14. The third-order valence-electron chi connectivity index (χ3n) is 6.31. The van der Waals surface area contributed by atoms with Crippen LogP contribution in [-0.2, 0) is 30.3 Å². The minimum Gasteiger partial charge on any atom is -0.480 e. The molecule has 0 aliphatic rings. The summed E-state index contributed by atoms with van der Waals surface area (Å²) in [6.07, 6.45) is -0.714. The minimum atomic E-state index is -1.12. The first-order valence-corrected chi connectivity index (χ1v) is 12.9. The van der Waals surface area contributed by atoms with Crippen LogP contribution in [0.4, 0.5) is 4.79 Å². The highest BCUT2D eigenvalue weighted by molar-refractivity contribution is 5.81. The molecule has 0 aliphatic heterocycles. The van der Waals surface area contributed by atoms with Gasteiger partial charge in [0.2, 0.25) is 0 Å². The largest absolute Gasteiger partial charge is 0.508 e. The normalized spacial score (nSPS) is 13.4. The van der Waals surface area contributed by atoms with Crippen molar-refractivity contribution >= 4 is 24.1 Å². The fraction of sp³-hybridized carbons (Fsp3) is 0.643. The van der Waals surface area contributed by atoms with E-state index in [-0.39, 0.29) is 30.6 Å². The minimum absolute atomic E-state index is 0.0227. The van der Waals surface area contributed by atoms with E-state index in [2.05, 4.69) is 5.32 Å². The van der Waals surface area contributed by atoms with Crippen molar-refractivity contribution in [3.8, 4) is 11.5 Å². The highest BCUT2D eigenvalue weighted by Gasteiger charge is 2.32. The van der Waals surface area contributed by atoms with Gasteiger partial charge in [0.1, 0.15) is 12.1 Å². The molecule has 0 fully saturated rings. The lowest BCUT2D eigenvalue weighted by Crippen LogP contribution is -2.42. The number of benzene rings is 1. The molecule has 0 aromatic heterocycles. The van der Waals surface area contributed by atoms with E-state index in [9.17, 15) is 24.3 Å².